The van der Waals surface area contributed by atoms with Crippen LogP contribution in [0.1, 0.15) is 33.6 Å². The van der Waals surface area contributed by atoms with Crippen molar-refractivity contribution in [3.63, 3.8) is 0 Å². The second-order valence-corrected chi connectivity index (χ2v) is 13.0. The van der Waals surface area contributed by atoms with Crippen molar-refractivity contribution in [3.05, 3.63) is 78.7 Å². The van der Waals surface area contributed by atoms with E-state index in [9.17, 15) is 4.39 Å². The molecule has 0 radical (unpaired) electrons. The van der Waals surface area contributed by atoms with Crippen LogP contribution in [0.4, 0.5) is 15.9 Å². The van der Waals surface area contributed by atoms with Gasteiger partial charge in [-0.05, 0) is 28.3 Å². The fraction of sp³-hybridized carbons (Fsp3) is 0.320. The van der Waals surface area contributed by atoms with Gasteiger partial charge in [0.05, 0.1) is 11.9 Å². The Balaban J connectivity index is 1.70. The highest BCUT2D eigenvalue weighted by molar-refractivity contribution is 6.99. The van der Waals surface area contributed by atoms with Crippen molar-refractivity contribution in [2.45, 2.75) is 38.7 Å². The van der Waals surface area contributed by atoms with Crippen LogP contribution < -0.4 is 21.4 Å². The molecule has 1 aromatic heterocycles. The minimum Gasteiger partial charge on any atom is -0.407 e. The average molecular weight is 438 g/mol. The first kappa shape index (κ1) is 23.0. The first-order chi connectivity index (χ1) is 14.8. The molecular weight excluding hydrogens is 405 g/mol. The number of anilines is 2. The Morgan fingerprint density at radius 1 is 0.968 bits per heavy atom. The number of benzene rings is 2. The third-order valence-electron chi connectivity index (χ3n) is 5.48. The van der Waals surface area contributed by atoms with E-state index < -0.39 is 14.1 Å². The van der Waals surface area contributed by atoms with E-state index in [0.29, 0.717) is 24.7 Å². The molecule has 164 valence electrons. The van der Waals surface area contributed by atoms with Crippen LogP contribution in [0.2, 0.25) is 5.04 Å². The number of hydrogen-bond donors (Lipinski definition) is 2. The van der Waals surface area contributed by atoms with Gasteiger partial charge in [-0.3, -0.25) is 0 Å². The van der Waals surface area contributed by atoms with Gasteiger partial charge in [0.1, 0.15) is 11.6 Å². The van der Waals surface area contributed by atoms with Gasteiger partial charge in [0.15, 0.2) is 0 Å². The van der Waals surface area contributed by atoms with Crippen molar-refractivity contribution >= 4 is 30.2 Å². The van der Waals surface area contributed by atoms with Crippen LogP contribution in [0.15, 0.2) is 72.9 Å². The Labute approximate surface area is 185 Å². The lowest BCUT2D eigenvalue weighted by Gasteiger charge is -2.43. The smallest absolute Gasteiger partial charge is 0.261 e. The Hall–Kier alpha value is -2.70. The largest absolute Gasteiger partial charge is 0.407 e. The molecule has 4 nitrogen and oxygen atoms in total. The lowest BCUT2D eigenvalue weighted by molar-refractivity contribution is 0.289. The zero-order valence-corrected chi connectivity index (χ0v) is 19.6. The second-order valence-electron chi connectivity index (χ2n) is 8.74. The van der Waals surface area contributed by atoms with Gasteiger partial charge in [0.25, 0.3) is 8.32 Å². The fourth-order valence-corrected chi connectivity index (χ4v) is 8.63. The third kappa shape index (κ3) is 5.32. The van der Waals surface area contributed by atoms with E-state index in [0.717, 1.165) is 12.8 Å². The van der Waals surface area contributed by atoms with Gasteiger partial charge < -0.3 is 15.5 Å². The van der Waals surface area contributed by atoms with Gasteiger partial charge in [0.2, 0.25) is 0 Å². The summed E-state index contributed by atoms with van der Waals surface area (Å²) in [6.07, 6.45) is 2.97. The van der Waals surface area contributed by atoms with E-state index in [2.05, 4.69) is 91.7 Å². The minimum atomic E-state index is -2.48. The van der Waals surface area contributed by atoms with Gasteiger partial charge >= 0.3 is 0 Å². The summed E-state index contributed by atoms with van der Waals surface area (Å²) in [6.45, 7) is 8.21. The van der Waals surface area contributed by atoms with Gasteiger partial charge in [-0.2, -0.15) is 0 Å². The Morgan fingerprint density at radius 3 is 2.06 bits per heavy atom. The first-order valence-electron chi connectivity index (χ1n) is 10.7. The number of nitrogen functional groups attached to an aromatic ring is 1. The van der Waals surface area contributed by atoms with Crippen molar-refractivity contribution in [1.82, 2.24) is 4.98 Å². The number of nitrogens with two attached hydrogens (primary N) is 1. The fourth-order valence-electron chi connectivity index (χ4n) is 4.02. The van der Waals surface area contributed by atoms with Crippen molar-refractivity contribution in [1.29, 1.82) is 0 Å². The molecule has 0 aliphatic carbocycles. The van der Waals surface area contributed by atoms with Crippen LogP contribution in [0.25, 0.3) is 0 Å². The summed E-state index contributed by atoms with van der Waals surface area (Å²) in [5.74, 6) is 0.0936. The van der Waals surface area contributed by atoms with Gasteiger partial charge in [-0.1, -0.05) is 81.4 Å². The van der Waals surface area contributed by atoms with E-state index in [4.69, 9.17) is 10.2 Å². The normalized spacial score (nSPS) is 12.0. The van der Waals surface area contributed by atoms with Crippen molar-refractivity contribution in [3.8, 4) is 0 Å². The van der Waals surface area contributed by atoms with Crippen LogP contribution in [-0.4, -0.2) is 26.5 Å². The summed E-state index contributed by atoms with van der Waals surface area (Å²) >= 11 is 0. The Kier molecular flexibility index (Phi) is 7.46. The number of halogens is 1. The molecule has 3 rings (SSSR count). The van der Waals surface area contributed by atoms with Crippen LogP contribution in [0.5, 0.6) is 0 Å². The predicted molar refractivity (Wildman–Crippen MR) is 130 cm³/mol. The van der Waals surface area contributed by atoms with Crippen molar-refractivity contribution < 1.29 is 8.82 Å². The number of unbranched alkanes of at least 4 members (excludes halogenated alkanes) is 1. The Bertz CT molecular complexity index is 922. The summed E-state index contributed by atoms with van der Waals surface area (Å²) < 4.78 is 20.0. The van der Waals surface area contributed by atoms with Gasteiger partial charge in [0, 0.05) is 19.2 Å². The molecule has 3 N–H and O–H groups in total. The minimum absolute atomic E-state index is 0.0273. The summed E-state index contributed by atoms with van der Waals surface area (Å²) in [7, 11) is -2.48. The molecule has 1 heterocycles. The molecule has 6 heteroatoms. The lowest BCUT2D eigenvalue weighted by atomic mass is 10.2. The number of aromatic nitrogens is 1. The van der Waals surface area contributed by atoms with E-state index in [1.54, 1.807) is 0 Å². The maximum absolute atomic E-state index is 13.1. The highest BCUT2D eigenvalue weighted by Gasteiger charge is 2.49. The van der Waals surface area contributed by atoms with E-state index in [-0.39, 0.29) is 5.04 Å². The molecule has 31 heavy (non-hydrogen) atoms. The third-order valence-corrected chi connectivity index (χ3v) is 10.5. The molecule has 0 amide bonds. The van der Waals surface area contributed by atoms with Crippen LogP contribution in [-0.2, 0) is 4.43 Å². The van der Waals surface area contributed by atoms with Crippen molar-refractivity contribution in [2.24, 2.45) is 0 Å². The molecule has 0 aliphatic heterocycles. The number of nitrogens with one attached hydrogen (secondary N) is 1. The van der Waals surface area contributed by atoms with Crippen LogP contribution in [0, 0.1) is 5.82 Å². The zero-order chi connectivity index (χ0) is 22.3. The average Bonchev–Trinajstić information content (AvgIpc) is 2.75. The van der Waals surface area contributed by atoms with Gasteiger partial charge in [-0.15, -0.1) is 0 Å². The molecule has 0 saturated heterocycles. The number of hydrogen-bond acceptors (Lipinski definition) is 4. The molecule has 0 aliphatic rings. The zero-order valence-electron chi connectivity index (χ0n) is 18.6. The first-order valence-corrected chi connectivity index (χ1v) is 12.7. The molecule has 0 atom stereocenters. The maximum Gasteiger partial charge on any atom is 0.261 e. The lowest BCUT2D eigenvalue weighted by Crippen LogP contribution is -2.66. The molecule has 0 bridgehead atoms. The summed E-state index contributed by atoms with van der Waals surface area (Å²) in [6, 6.07) is 22.6. The van der Waals surface area contributed by atoms with E-state index in [1.165, 1.54) is 22.6 Å². The monoisotopic (exact) mass is 437 g/mol. The second kappa shape index (κ2) is 10.1. The quantitative estimate of drug-likeness (QED) is 0.380. The maximum atomic E-state index is 13.1. The molecule has 2 aromatic carbocycles. The number of pyridine rings is 1. The number of nitrogens with zero attached hydrogens (tertiary/aromatic N) is 1. The molecule has 0 spiro atoms. The van der Waals surface area contributed by atoms with Crippen molar-refractivity contribution in [2.75, 3.05) is 24.2 Å². The van der Waals surface area contributed by atoms with Gasteiger partial charge in [-0.25, -0.2) is 9.37 Å². The molecule has 3 aromatic rings. The van der Waals surface area contributed by atoms with Crippen LogP contribution >= 0.6 is 0 Å². The molecule has 0 fully saturated rings. The van der Waals surface area contributed by atoms with E-state index >= 15 is 0 Å². The molecular formula is C25H32FN3OSi. The Morgan fingerprint density at radius 2 is 1.55 bits per heavy atom. The highest BCUT2D eigenvalue weighted by atomic mass is 28.4. The predicted octanol–water partition coefficient (Wildman–Crippen LogP) is 4.57. The summed E-state index contributed by atoms with van der Waals surface area (Å²) in [5, 5.41) is 5.73. The highest BCUT2D eigenvalue weighted by Crippen LogP contribution is 2.36. The summed E-state index contributed by atoms with van der Waals surface area (Å²) in [4.78, 5) is 4.01. The number of rotatable bonds is 9. The topological polar surface area (TPSA) is 60.2 Å². The van der Waals surface area contributed by atoms with Crippen LogP contribution in [0.3, 0.4) is 0 Å². The SMILES string of the molecule is CC(C)(C)[Si](OCCCCNc1ncc(F)cc1N)(c1ccccc1)c1ccccc1. The molecule has 0 unspecified atom stereocenters. The summed E-state index contributed by atoms with van der Waals surface area (Å²) in [5.41, 5.74) is 6.13. The van der Waals surface area contributed by atoms with E-state index in [1.807, 2.05) is 0 Å². The standard InChI is InChI=1S/C25H32FN3OSi/c1-25(2,3)31(21-12-6-4-7-13-21,22-14-8-5-9-15-22)30-17-11-10-16-28-24-23(27)18-20(26)19-29-24/h4-9,12-15,18-19H,10-11,16-17,27H2,1-3H3,(H,28,29). The molecule has 0 saturated carbocycles.